The van der Waals surface area contributed by atoms with Gasteiger partial charge in [0.1, 0.15) is 0 Å². The molecule has 0 bridgehead atoms. The Morgan fingerprint density at radius 3 is 2.71 bits per heavy atom. The monoisotopic (exact) mass is 381 g/mol. The van der Waals surface area contributed by atoms with E-state index >= 15 is 0 Å². The average molecular weight is 381 g/mol. The van der Waals surface area contributed by atoms with Gasteiger partial charge < -0.3 is 9.80 Å². The van der Waals surface area contributed by atoms with Gasteiger partial charge in [-0.3, -0.25) is 14.3 Å². The van der Waals surface area contributed by atoms with E-state index in [9.17, 15) is 9.59 Å². The predicted molar refractivity (Wildman–Crippen MR) is 102 cm³/mol. The van der Waals surface area contributed by atoms with Crippen LogP contribution in [-0.2, 0) is 11.3 Å². The van der Waals surface area contributed by atoms with E-state index in [1.165, 1.54) is 0 Å². The lowest BCUT2D eigenvalue weighted by Gasteiger charge is -2.23. The molecule has 146 valence electrons. The Morgan fingerprint density at radius 1 is 1.07 bits per heavy atom. The maximum Gasteiger partial charge on any atom is 0.257 e. The van der Waals surface area contributed by atoms with Crippen molar-refractivity contribution in [2.24, 2.45) is 0 Å². The molecule has 1 saturated heterocycles. The Morgan fingerprint density at radius 2 is 1.89 bits per heavy atom. The summed E-state index contributed by atoms with van der Waals surface area (Å²) in [5.41, 5.74) is 2.05. The van der Waals surface area contributed by atoms with Crippen molar-refractivity contribution in [3.8, 4) is 0 Å². The molecule has 0 spiro atoms. The van der Waals surface area contributed by atoms with Crippen LogP contribution in [0.1, 0.15) is 28.9 Å². The van der Waals surface area contributed by atoms with E-state index in [1.54, 1.807) is 38.8 Å². The summed E-state index contributed by atoms with van der Waals surface area (Å²) in [6, 6.07) is 3.65. The first-order chi connectivity index (χ1) is 13.6. The Hall–Kier alpha value is -3.23. The van der Waals surface area contributed by atoms with Gasteiger partial charge in [0, 0.05) is 63.8 Å². The summed E-state index contributed by atoms with van der Waals surface area (Å²) in [5.74, 6) is 0.0360. The van der Waals surface area contributed by atoms with Gasteiger partial charge in [0.05, 0.1) is 17.5 Å². The fourth-order valence-corrected chi connectivity index (χ4v) is 3.54. The Bertz CT molecular complexity index is 980. The third-order valence-electron chi connectivity index (χ3n) is 5.14. The van der Waals surface area contributed by atoms with Crippen molar-refractivity contribution >= 4 is 17.5 Å². The van der Waals surface area contributed by atoms with E-state index in [4.69, 9.17) is 0 Å². The number of aromatic nitrogens is 5. The first-order valence-electron chi connectivity index (χ1n) is 9.47. The van der Waals surface area contributed by atoms with Crippen LogP contribution in [0.25, 0.3) is 5.65 Å². The molecule has 2 amide bonds. The molecule has 0 saturated carbocycles. The predicted octanol–water partition coefficient (Wildman–Crippen LogP) is 0.999. The van der Waals surface area contributed by atoms with Gasteiger partial charge >= 0.3 is 0 Å². The molecule has 28 heavy (non-hydrogen) atoms. The zero-order valence-corrected chi connectivity index (χ0v) is 15.9. The lowest BCUT2D eigenvalue weighted by molar-refractivity contribution is -0.131. The number of carbonyl (C=O) groups is 2. The maximum absolute atomic E-state index is 13.0. The molecule has 0 N–H and O–H groups in total. The van der Waals surface area contributed by atoms with Crippen molar-refractivity contribution in [1.29, 1.82) is 0 Å². The van der Waals surface area contributed by atoms with Crippen molar-refractivity contribution < 1.29 is 9.59 Å². The molecule has 0 unspecified atom stereocenters. The average Bonchev–Trinajstić information content (AvgIpc) is 3.33. The van der Waals surface area contributed by atoms with E-state index in [1.807, 2.05) is 24.1 Å². The molecule has 9 heteroatoms. The minimum Gasteiger partial charge on any atom is -0.341 e. The third-order valence-corrected chi connectivity index (χ3v) is 5.14. The normalized spacial score (nSPS) is 15.0. The number of hydrogen-bond acceptors (Lipinski definition) is 5. The Kier molecular flexibility index (Phi) is 5.05. The largest absolute Gasteiger partial charge is 0.341 e. The molecule has 4 heterocycles. The summed E-state index contributed by atoms with van der Waals surface area (Å²) < 4.78 is 3.43. The second kappa shape index (κ2) is 7.79. The second-order valence-corrected chi connectivity index (χ2v) is 6.90. The highest BCUT2D eigenvalue weighted by Crippen LogP contribution is 2.14. The summed E-state index contributed by atoms with van der Waals surface area (Å²) in [7, 11) is 0. The standard InChI is InChI=1S/C19H23N7O2/c1-15-16(14-20-17-4-7-22-26(15)17)19(28)24-9-3-8-23(12-13-24)18(27)5-11-25-10-2-6-21-25/h2,4,6-7,10,14H,3,5,8-9,11-13H2,1H3. The van der Waals surface area contributed by atoms with E-state index in [0.29, 0.717) is 44.7 Å². The number of aryl methyl sites for hydroxylation is 2. The first-order valence-corrected chi connectivity index (χ1v) is 9.47. The quantitative estimate of drug-likeness (QED) is 0.673. The molecule has 3 aromatic rings. The fourth-order valence-electron chi connectivity index (χ4n) is 3.54. The minimum absolute atomic E-state index is 0.0618. The number of rotatable bonds is 4. The Labute approximate surface area is 162 Å². The van der Waals surface area contributed by atoms with Crippen molar-refractivity contribution in [2.75, 3.05) is 26.2 Å². The van der Waals surface area contributed by atoms with Crippen LogP contribution in [0.5, 0.6) is 0 Å². The van der Waals surface area contributed by atoms with E-state index in [2.05, 4.69) is 15.2 Å². The van der Waals surface area contributed by atoms with E-state index in [-0.39, 0.29) is 11.8 Å². The third kappa shape index (κ3) is 3.60. The fraction of sp³-hybridized carbons (Fsp3) is 0.421. The summed E-state index contributed by atoms with van der Waals surface area (Å²) in [5, 5.41) is 8.35. The first kappa shape index (κ1) is 18.1. The molecule has 0 aromatic carbocycles. The van der Waals surface area contributed by atoms with E-state index in [0.717, 1.165) is 17.8 Å². The molecule has 1 fully saturated rings. The second-order valence-electron chi connectivity index (χ2n) is 6.90. The molecule has 0 atom stereocenters. The van der Waals surface area contributed by atoms with Crippen LogP contribution in [0.15, 0.2) is 36.9 Å². The number of nitrogens with zero attached hydrogens (tertiary/aromatic N) is 7. The van der Waals surface area contributed by atoms with Crippen molar-refractivity contribution in [1.82, 2.24) is 34.2 Å². The highest BCUT2D eigenvalue weighted by molar-refractivity contribution is 5.95. The van der Waals surface area contributed by atoms with Crippen LogP contribution < -0.4 is 0 Å². The van der Waals surface area contributed by atoms with Gasteiger partial charge in [-0.15, -0.1) is 0 Å². The van der Waals surface area contributed by atoms with Crippen LogP contribution >= 0.6 is 0 Å². The molecule has 1 aliphatic heterocycles. The molecule has 9 nitrogen and oxygen atoms in total. The lowest BCUT2D eigenvalue weighted by atomic mass is 10.2. The molecule has 3 aromatic heterocycles. The van der Waals surface area contributed by atoms with Crippen LogP contribution in [0.3, 0.4) is 0 Å². The van der Waals surface area contributed by atoms with Crippen LogP contribution in [0, 0.1) is 6.92 Å². The van der Waals surface area contributed by atoms with Gasteiger partial charge in [-0.05, 0) is 19.4 Å². The summed E-state index contributed by atoms with van der Waals surface area (Å²) in [6.45, 7) is 4.79. The highest BCUT2D eigenvalue weighted by atomic mass is 16.2. The zero-order chi connectivity index (χ0) is 19.5. The topological polar surface area (TPSA) is 88.6 Å². The van der Waals surface area contributed by atoms with Gasteiger partial charge in [-0.25, -0.2) is 9.50 Å². The molecular formula is C19H23N7O2. The van der Waals surface area contributed by atoms with Crippen LogP contribution in [0.4, 0.5) is 0 Å². The summed E-state index contributed by atoms with van der Waals surface area (Å²) >= 11 is 0. The highest BCUT2D eigenvalue weighted by Gasteiger charge is 2.24. The van der Waals surface area contributed by atoms with Gasteiger partial charge in [-0.2, -0.15) is 10.2 Å². The van der Waals surface area contributed by atoms with Crippen molar-refractivity contribution in [3.05, 3.63) is 48.2 Å². The van der Waals surface area contributed by atoms with Crippen molar-refractivity contribution in [3.63, 3.8) is 0 Å². The molecular weight excluding hydrogens is 358 g/mol. The molecule has 1 aliphatic rings. The number of fused-ring (bicyclic) bond motifs is 1. The van der Waals surface area contributed by atoms with Gasteiger partial charge in [0.15, 0.2) is 5.65 Å². The number of hydrogen-bond donors (Lipinski definition) is 0. The van der Waals surface area contributed by atoms with Gasteiger partial charge in [-0.1, -0.05) is 0 Å². The van der Waals surface area contributed by atoms with Crippen LogP contribution in [0.2, 0.25) is 0 Å². The van der Waals surface area contributed by atoms with Gasteiger partial charge in [0.25, 0.3) is 5.91 Å². The van der Waals surface area contributed by atoms with Crippen LogP contribution in [-0.4, -0.2) is 72.2 Å². The molecule has 4 rings (SSSR count). The maximum atomic E-state index is 13.0. The lowest BCUT2D eigenvalue weighted by Crippen LogP contribution is -2.38. The number of amides is 2. The Balaban J connectivity index is 1.39. The van der Waals surface area contributed by atoms with Gasteiger partial charge in [0.2, 0.25) is 5.91 Å². The minimum atomic E-state index is -0.0618. The summed E-state index contributed by atoms with van der Waals surface area (Å²) in [4.78, 5) is 33.5. The number of carbonyl (C=O) groups excluding carboxylic acids is 2. The SMILES string of the molecule is Cc1c(C(=O)N2CCCN(C(=O)CCn3cccn3)CC2)cnc2ccnn12. The molecule has 0 aliphatic carbocycles. The molecule has 0 radical (unpaired) electrons. The van der Waals surface area contributed by atoms with E-state index < -0.39 is 0 Å². The van der Waals surface area contributed by atoms with Crippen molar-refractivity contribution in [2.45, 2.75) is 26.3 Å². The zero-order valence-electron chi connectivity index (χ0n) is 15.9. The summed E-state index contributed by atoms with van der Waals surface area (Å²) in [6.07, 6.45) is 8.01. The smallest absolute Gasteiger partial charge is 0.257 e.